The summed E-state index contributed by atoms with van der Waals surface area (Å²) in [6, 6.07) is 17.5. The van der Waals surface area contributed by atoms with Crippen molar-refractivity contribution in [2.45, 2.75) is 20.4 Å². The first-order valence-corrected chi connectivity index (χ1v) is 9.02. The molecule has 0 spiro atoms. The summed E-state index contributed by atoms with van der Waals surface area (Å²) in [6.45, 7) is 4.68. The quantitative estimate of drug-likeness (QED) is 0.631. The number of thiophene rings is 1. The van der Waals surface area contributed by atoms with Crippen LogP contribution in [0.4, 0.5) is 5.69 Å². The van der Waals surface area contributed by atoms with Crippen molar-refractivity contribution < 1.29 is 9.53 Å². The van der Waals surface area contributed by atoms with Gasteiger partial charge < -0.3 is 9.64 Å². The van der Waals surface area contributed by atoms with E-state index in [4.69, 9.17) is 4.74 Å². The van der Waals surface area contributed by atoms with E-state index < -0.39 is 0 Å². The Hall–Kier alpha value is -2.59. The Kier molecular flexibility index (Phi) is 5.19. The Bertz CT molecular complexity index is 871. The maximum absolute atomic E-state index is 13.3. The topological polar surface area (TPSA) is 29.5 Å². The van der Waals surface area contributed by atoms with Gasteiger partial charge >= 0.3 is 0 Å². The van der Waals surface area contributed by atoms with Crippen molar-refractivity contribution in [1.82, 2.24) is 0 Å². The molecule has 0 saturated heterocycles. The molecule has 3 nitrogen and oxygen atoms in total. The van der Waals surface area contributed by atoms with Crippen molar-refractivity contribution in [2.24, 2.45) is 0 Å². The Morgan fingerprint density at radius 3 is 2.52 bits per heavy atom. The first-order chi connectivity index (χ1) is 12.1. The first kappa shape index (κ1) is 17.2. The van der Waals surface area contributed by atoms with E-state index in [0.717, 1.165) is 10.6 Å². The number of hydrogen-bond donors (Lipinski definition) is 0. The number of carbonyl (C=O) groups excluding carboxylic acids is 1. The molecule has 1 aromatic heterocycles. The number of methoxy groups -OCH3 is 1. The van der Waals surface area contributed by atoms with Gasteiger partial charge in [-0.3, -0.25) is 4.79 Å². The molecule has 0 radical (unpaired) electrons. The number of carbonyl (C=O) groups is 1. The van der Waals surface area contributed by atoms with Gasteiger partial charge in [0, 0.05) is 10.6 Å². The molecule has 1 heterocycles. The maximum atomic E-state index is 13.3. The molecule has 0 aliphatic heterocycles. The molecule has 0 atom stereocenters. The number of aryl methyl sites for hydroxylation is 2. The van der Waals surface area contributed by atoms with E-state index in [-0.39, 0.29) is 5.91 Å². The van der Waals surface area contributed by atoms with Gasteiger partial charge in [-0.15, -0.1) is 11.3 Å². The molecular weight excluding hydrogens is 330 g/mol. The second-order valence-electron chi connectivity index (χ2n) is 5.94. The molecule has 3 aromatic rings. The summed E-state index contributed by atoms with van der Waals surface area (Å²) in [5.74, 6) is 0.529. The van der Waals surface area contributed by atoms with Gasteiger partial charge in [0.25, 0.3) is 5.91 Å². The lowest BCUT2D eigenvalue weighted by atomic mass is 10.1. The van der Waals surface area contributed by atoms with Gasteiger partial charge in [-0.1, -0.05) is 24.3 Å². The summed E-state index contributed by atoms with van der Waals surface area (Å²) in [7, 11) is 1.59. The summed E-state index contributed by atoms with van der Waals surface area (Å²) >= 11 is 1.65. The first-order valence-electron chi connectivity index (χ1n) is 8.14. The molecule has 25 heavy (non-hydrogen) atoms. The molecule has 0 bridgehead atoms. The van der Waals surface area contributed by atoms with Crippen LogP contribution in [-0.2, 0) is 6.54 Å². The fourth-order valence-corrected chi connectivity index (χ4v) is 3.39. The van der Waals surface area contributed by atoms with Crippen LogP contribution < -0.4 is 9.64 Å². The predicted molar refractivity (Wildman–Crippen MR) is 104 cm³/mol. The molecule has 0 aliphatic rings. The number of anilines is 1. The third-order valence-corrected chi connectivity index (χ3v) is 5.14. The standard InChI is InChI=1S/C21H21NO2S/c1-15-10-11-17(13-16(15)2)22(14-18-7-6-12-25-18)21(23)19-8-4-5-9-20(19)24-3/h4-13H,14H2,1-3H3. The summed E-state index contributed by atoms with van der Waals surface area (Å²) in [5.41, 5.74) is 3.85. The molecule has 2 aromatic carbocycles. The molecule has 1 amide bonds. The average molecular weight is 351 g/mol. The van der Waals surface area contributed by atoms with Crippen molar-refractivity contribution >= 4 is 22.9 Å². The molecular formula is C21H21NO2S. The Morgan fingerprint density at radius 1 is 1.04 bits per heavy atom. The molecule has 0 unspecified atom stereocenters. The summed E-state index contributed by atoms with van der Waals surface area (Å²) in [6.07, 6.45) is 0. The zero-order valence-electron chi connectivity index (χ0n) is 14.7. The number of rotatable bonds is 5. The zero-order chi connectivity index (χ0) is 17.8. The minimum atomic E-state index is -0.0610. The Balaban J connectivity index is 2.03. The number of hydrogen-bond acceptors (Lipinski definition) is 3. The van der Waals surface area contributed by atoms with Crippen molar-refractivity contribution in [3.8, 4) is 5.75 Å². The minimum absolute atomic E-state index is 0.0610. The highest BCUT2D eigenvalue weighted by molar-refractivity contribution is 7.09. The van der Waals surface area contributed by atoms with Gasteiger partial charge in [0.15, 0.2) is 0 Å². The molecule has 4 heteroatoms. The van der Waals surface area contributed by atoms with Gasteiger partial charge in [-0.05, 0) is 60.7 Å². The summed E-state index contributed by atoms with van der Waals surface area (Å²) < 4.78 is 5.39. The highest BCUT2D eigenvalue weighted by Crippen LogP contribution is 2.27. The lowest BCUT2D eigenvalue weighted by Crippen LogP contribution is -2.30. The van der Waals surface area contributed by atoms with Crippen LogP contribution in [0.5, 0.6) is 5.75 Å². The third-order valence-electron chi connectivity index (χ3n) is 4.28. The number of amides is 1. The van der Waals surface area contributed by atoms with Crippen LogP contribution in [0.1, 0.15) is 26.4 Å². The van der Waals surface area contributed by atoms with Crippen LogP contribution in [0.15, 0.2) is 60.0 Å². The Labute approximate surface area is 152 Å². The number of nitrogens with zero attached hydrogens (tertiary/aromatic N) is 1. The van der Waals surface area contributed by atoms with Crippen LogP contribution in [0, 0.1) is 13.8 Å². The van der Waals surface area contributed by atoms with Crippen LogP contribution in [0.25, 0.3) is 0 Å². The molecule has 0 aliphatic carbocycles. The number of benzene rings is 2. The van der Waals surface area contributed by atoms with Gasteiger partial charge in [0.2, 0.25) is 0 Å². The van der Waals surface area contributed by atoms with Crippen LogP contribution in [0.3, 0.4) is 0 Å². The SMILES string of the molecule is COc1ccccc1C(=O)N(Cc1cccs1)c1ccc(C)c(C)c1. The van der Waals surface area contributed by atoms with E-state index in [1.807, 2.05) is 52.7 Å². The van der Waals surface area contributed by atoms with E-state index in [2.05, 4.69) is 26.0 Å². The largest absolute Gasteiger partial charge is 0.496 e. The third kappa shape index (κ3) is 3.74. The lowest BCUT2D eigenvalue weighted by molar-refractivity contribution is 0.0982. The van der Waals surface area contributed by atoms with Crippen molar-refractivity contribution in [3.05, 3.63) is 81.5 Å². The average Bonchev–Trinajstić information content (AvgIpc) is 3.15. The Morgan fingerprint density at radius 2 is 1.84 bits per heavy atom. The second kappa shape index (κ2) is 7.53. The molecule has 3 rings (SSSR count). The van der Waals surface area contributed by atoms with Gasteiger partial charge in [-0.25, -0.2) is 0 Å². The monoisotopic (exact) mass is 351 g/mol. The van der Waals surface area contributed by atoms with Gasteiger partial charge in [0.05, 0.1) is 19.2 Å². The van der Waals surface area contributed by atoms with E-state index in [9.17, 15) is 4.79 Å². The maximum Gasteiger partial charge on any atom is 0.262 e. The fraction of sp³-hybridized carbons (Fsp3) is 0.190. The number of ether oxygens (including phenoxy) is 1. The lowest BCUT2D eigenvalue weighted by Gasteiger charge is -2.24. The second-order valence-corrected chi connectivity index (χ2v) is 6.97. The highest BCUT2D eigenvalue weighted by Gasteiger charge is 2.22. The molecule has 0 N–H and O–H groups in total. The minimum Gasteiger partial charge on any atom is -0.496 e. The van der Waals surface area contributed by atoms with Gasteiger partial charge in [0.1, 0.15) is 5.75 Å². The number of para-hydroxylation sites is 1. The van der Waals surface area contributed by atoms with Crippen LogP contribution >= 0.6 is 11.3 Å². The van der Waals surface area contributed by atoms with Gasteiger partial charge in [-0.2, -0.15) is 0 Å². The summed E-state index contributed by atoms with van der Waals surface area (Å²) in [4.78, 5) is 16.3. The normalized spacial score (nSPS) is 10.5. The molecule has 0 fully saturated rings. The van der Waals surface area contributed by atoms with E-state index in [0.29, 0.717) is 17.9 Å². The summed E-state index contributed by atoms with van der Waals surface area (Å²) in [5, 5.41) is 2.03. The predicted octanol–water partition coefficient (Wildman–Crippen LogP) is 5.22. The van der Waals surface area contributed by atoms with E-state index >= 15 is 0 Å². The van der Waals surface area contributed by atoms with Crippen molar-refractivity contribution in [1.29, 1.82) is 0 Å². The van der Waals surface area contributed by atoms with Crippen LogP contribution in [0.2, 0.25) is 0 Å². The van der Waals surface area contributed by atoms with Crippen molar-refractivity contribution in [3.63, 3.8) is 0 Å². The van der Waals surface area contributed by atoms with E-state index in [1.54, 1.807) is 18.4 Å². The smallest absolute Gasteiger partial charge is 0.262 e. The van der Waals surface area contributed by atoms with Crippen LogP contribution in [-0.4, -0.2) is 13.0 Å². The highest BCUT2D eigenvalue weighted by atomic mass is 32.1. The van der Waals surface area contributed by atoms with E-state index in [1.165, 1.54) is 11.1 Å². The molecule has 128 valence electrons. The fourth-order valence-electron chi connectivity index (χ4n) is 2.70. The zero-order valence-corrected chi connectivity index (χ0v) is 15.5. The van der Waals surface area contributed by atoms with Crippen molar-refractivity contribution in [2.75, 3.05) is 12.0 Å². The molecule has 0 saturated carbocycles.